The number of fused-ring (bicyclic) bond motifs is 1. The topological polar surface area (TPSA) is 54.3 Å². The smallest absolute Gasteiger partial charge is 0.161 e. The SMILES string of the molecule is N#CCNCCc1ccc2c(c1)OCCCO2. The van der Waals surface area contributed by atoms with Gasteiger partial charge in [0.2, 0.25) is 0 Å². The highest BCUT2D eigenvalue weighted by Gasteiger charge is 2.10. The number of rotatable bonds is 4. The van der Waals surface area contributed by atoms with E-state index in [4.69, 9.17) is 14.7 Å². The van der Waals surface area contributed by atoms with Gasteiger partial charge in [-0.3, -0.25) is 0 Å². The molecule has 90 valence electrons. The first-order chi connectivity index (χ1) is 8.40. The van der Waals surface area contributed by atoms with Gasteiger partial charge in [-0.1, -0.05) is 6.07 Å². The molecule has 1 aromatic carbocycles. The molecule has 0 aliphatic carbocycles. The lowest BCUT2D eigenvalue weighted by Gasteiger charge is -2.09. The van der Waals surface area contributed by atoms with Gasteiger partial charge in [0.05, 0.1) is 25.8 Å². The van der Waals surface area contributed by atoms with Gasteiger partial charge in [0.25, 0.3) is 0 Å². The van der Waals surface area contributed by atoms with Crippen molar-refractivity contribution < 1.29 is 9.47 Å². The van der Waals surface area contributed by atoms with Gasteiger partial charge in [0.1, 0.15) is 0 Å². The molecule has 0 aromatic heterocycles. The maximum atomic E-state index is 8.40. The fourth-order valence-corrected chi connectivity index (χ4v) is 1.74. The van der Waals surface area contributed by atoms with Crippen molar-refractivity contribution in [3.63, 3.8) is 0 Å². The first kappa shape index (κ1) is 11.7. The molecule has 0 spiro atoms. The zero-order valence-corrected chi connectivity index (χ0v) is 9.74. The molecule has 17 heavy (non-hydrogen) atoms. The van der Waals surface area contributed by atoms with Crippen molar-refractivity contribution in [3.8, 4) is 17.6 Å². The quantitative estimate of drug-likeness (QED) is 0.631. The largest absolute Gasteiger partial charge is 0.490 e. The summed E-state index contributed by atoms with van der Waals surface area (Å²) in [6.45, 7) is 2.62. The standard InChI is InChI=1S/C13H16N2O2/c14-5-7-15-6-4-11-2-3-12-13(10-11)17-9-1-8-16-12/h2-3,10,15H,1,4,6-9H2. The van der Waals surface area contributed by atoms with Crippen LogP contribution in [0.2, 0.25) is 0 Å². The summed E-state index contributed by atoms with van der Waals surface area (Å²) in [7, 11) is 0. The lowest BCUT2D eigenvalue weighted by molar-refractivity contribution is 0.297. The Morgan fingerprint density at radius 2 is 2.06 bits per heavy atom. The van der Waals surface area contributed by atoms with Crippen molar-refractivity contribution in [2.24, 2.45) is 0 Å². The second kappa shape index (κ2) is 6.12. The van der Waals surface area contributed by atoms with Crippen molar-refractivity contribution >= 4 is 0 Å². The van der Waals surface area contributed by atoms with E-state index in [2.05, 4.69) is 11.4 Å². The molecule has 1 N–H and O–H groups in total. The second-order valence-corrected chi connectivity index (χ2v) is 3.92. The highest BCUT2D eigenvalue weighted by Crippen LogP contribution is 2.30. The van der Waals surface area contributed by atoms with Crippen molar-refractivity contribution in [3.05, 3.63) is 23.8 Å². The van der Waals surface area contributed by atoms with Gasteiger partial charge in [0, 0.05) is 13.0 Å². The van der Waals surface area contributed by atoms with E-state index >= 15 is 0 Å². The summed E-state index contributed by atoms with van der Waals surface area (Å²) in [6, 6.07) is 8.08. The van der Waals surface area contributed by atoms with Crippen LogP contribution in [0.1, 0.15) is 12.0 Å². The minimum Gasteiger partial charge on any atom is -0.490 e. The highest BCUT2D eigenvalue weighted by atomic mass is 16.5. The summed E-state index contributed by atoms with van der Waals surface area (Å²) < 4.78 is 11.2. The zero-order chi connectivity index (χ0) is 11.9. The maximum Gasteiger partial charge on any atom is 0.161 e. The average molecular weight is 232 g/mol. The first-order valence-electron chi connectivity index (χ1n) is 5.86. The molecule has 0 bridgehead atoms. The minimum absolute atomic E-state index is 0.393. The van der Waals surface area contributed by atoms with Gasteiger partial charge < -0.3 is 14.8 Å². The van der Waals surface area contributed by atoms with E-state index in [9.17, 15) is 0 Å². The monoisotopic (exact) mass is 232 g/mol. The maximum absolute atomic E-state index is 8.40. The average Bonchev–Trinajstić information content (AvgIpc) is 2.59. The number of hydrogen-bond acceptors (Lipinski definition) is 4. The third-order valence-electron chi connectivity index (χ3n) is 2.61. The Labute approximate surface area is 101 Å². The Kier molecular flexibility index (Phi) is 4.23. The molecule has 1 heterocycles. The Bertz CT molecular complexity index is 412. The molecule has 1 aromatic rings. The van der Waals surface area contributed by atoms with Gasteiger partial charge in [-0.05, 0) is 24.1 Å². The molecule has 0 saturated heterocycles. The number of nitriles is 1. The fourth-order valence-electron chi connectivity index (χ4n) is 1.74. The van der Waals surface area contributed by atoms with Crippen LogP contribution >= 0.6 is 0 Å². The molecule has 0 fully saturated rings. The minimum atomic E-state index is 0.393. The van der Waals surface area contributed by atoms with Crippen molar-refractivity contribution in [1.82, 2.24) is 5.32 Å². The first-order valence-corrected chi connectivity index (χ1v) is 5.86. The van der Waals surface area contributed by atoms with E-state index in [0.717, 1.165) is 37.5 Å². The van der Waals surface area contributed by atoms with E-state index in [1.165, 1.54) is 5.56 Å². The van der Waals surface area contributed by atoms with Crippen LogP contribution in [0.5, 0.6) is 11.5 Å². The third-order valence-corrected chi connectivity index (χ3v) is 2.61. The van der Waals surface area contributed by atoms with Crippen molar-refractivity contribution in [1.29, 1.82) is 5.26 Å². The van der Waals surface area contributed by atoms with Crippen LogP contribution in [-0.4, -0.2) is 26.3 Å². The molecule has 4 nitrogen and oxygen atoms in total. The Balaban J connectivity index is 1.95. The Hall–Kier alpha value is -1.73. The molecule has 0 atom stereocenters. The highest BCUT2D eigenvalue weighted by molar-refractivity contribution is 5.43. The van der Waals surface area contributed by atoms with Gasteiger partial charge >= 0.3 is 0 Å². The summed E-state index contributed by atoms with van der Waals surface area (Å²) in [5.74, 6) is 1.66. The van der Waals surface area contributed by atoms with Crippen LogP contribution in [0.3, 0.4) is 0 Å². The van der Waals surface area contributed by atoms with Gasteiger partial charge in [0.15, 0.2) is 11.5 Å². The van der Waals surface area contributed by atoms with E-state index in [0.29, 0.717) is 13.2 Å². The van der Waals surface area contributed by atoms with E-state index in [1.807, 2.05) is 18.2 Å². The number of nitrogens with one attached hydrogen (secondary N) is 1. The number of benzene rings is 1. The molecular formula is C13H16N2O2. The van der Waals surface area contributed by atoms with Crippen molar-refractivity contribution in [2.75, 3.05) is 26.3 Å². The predicted molar refractivity (Wildman–Crippen MR) is 64.2 cm³/mol. The number of hydrogen-bond donors (Lipinski definition) is 1. The molecule has 2 rings (SSSR count). The normalized spacial score (nSPS) is 13.8. The van der Waals surface area contributed by atoms with Gasteiger partial charge in [-0.15, -0.1) is 0 Å². The Morgan fingerprint density at radius 1 is 1.24 bits per heavy atom. The van der Waals surface area contributed by atoms with Crippen LogP contribution < -0.4 is 14.8 Å². The molecule has 0 radical (unpaired) electrons. The van der Waals surface area contributed by atoms with Crippen LogP contribution in [0.25, 0.3) is 0 Å². The third kappa shape index (κ3) is 3.36. The van der Waals surface area contributed by atoms with Crippen LogP contribution in [0, 0.1) is 11.3 Å². The summed E-state index contributed by atoms with van der Waals surface area (Å²) in [6.07, 6.45) is 1.81. The Morgan fingerprint density at radius 3 is 2.88 bits per heavy atom. The molecule has 1 aliphatic rings. The second-order valence-electron chi connectivity index (χ2n) is 3.92. The summed E-state index contributed by atoms with van der Waals surface area (Å²) >= 11 is 0. The fraction of sp³-hybridized carbons (Fsp3) is 0.462. The van der Waals surface area contributed by atoms with Gasteiger partial charge in [-0.25, -0.2) is 0 Å². The van der Waals surface area contributed by atoms with Crippen LogP contribution in [0.4, 0.5) is 0 Å². The van der Waals surface area contributed by atoms with Crippen LogP contribution in [-0.2, 0) is 6.42 Å². The molecule has 0 unspecified atom stereocenters. The molecule has 4 heteroatoms. The zero-order valence-electron chi connectivity index (χ0n) is 9.74. The van der Waals surface area contributed by atoms with Crippen molar-refractivity contribution in [2.45, 2.75) is 12.8 Å². The van der Waals surface area contributed by atoms with Gasteiger partial charge in [-0.2, -0.15) is 5.26 Å². The predicted octanol–water partition coefficient (Wildman–Crippen LogP) is 1.50. The molecule has 1 aliphatic heterocycles. The lowest BCUT2D eigenvalue weighted by atomic mass is 10.1. The summed E-state index contributed by atoms with van der Waals surface area (Å²) in [4.78, 5) is 0. The van der Waals surface area contributed by atoms with E-state index in [-0.39, 0.29) is 0 Å². The van der Waals surface area contributed by atoms with E-state index < -0.39 is 0 Å². The molecular weight excluding hydrogens is 216 g/mol. The summed E-state index contributed by atoms with van der Waals surface area (Å²) in [5.41, 5.74) is 1.19. The van der Waals surface area contributed by atoms with E-state index in [1.54, 1.807) is 0 Å². The number of ether oxygens (including phenoxy) is 2. The molecule has 0 amide bonds. The summed E-state index contributed by atoms with van der Waals surface area (Å²) in [5, 5.41) is 11.4. The lowest BCUT2D eigenvalue weighted by Crippen LogP contribution is -2.17. The number of nitrogens with zero attached hydrogens (tertiary/aromatic N) is 1. The molecule has 0 saturated carbocycles. The van der Waals surface area contributed by atoms with Crippen LogP contribution in [0.15, 0.2) is 18.2 Å².